The molecule has 3 aromatic heterocycles. The minimum Gasteiger partial charge on any atom is -0.480 e. The van der Waals surface area contributed by atoms with Crippen LogP contribution in [-0.2, 0) is 4.79 Å². The number of rotatable bonds is 4. The molecule has 0 radical (unpaired) electrons. The number of aliphatic carboxylic acids is 1. The molecule has 3 heterocycles. The van der Waals surface area contributed by atoms with E-state index in [0.29, 0.717) is 28.3 Å². The van der Waals surface area contributed by atoms with Crippen molar-refractivity contribution in [1.29, 1.82) is 0 Å². The fraction of sp³-hybridized carbons (Fsp3) is 0.294. The molecule has 1 atom stereocenters. The third-order valence-corrected chi connectivity index (χ3v) is 3.90. The number of carboxylic acid groups (broad SMARTS) is 1. The van der Waals surface area contributed by atoms with Gasteiger partial charge in [0.1, 0.15) is 17.6 Å². The molecule has 2 N–H and O–H groups in total. The molecule has 25 heavy (non-hydrogen) atoms. The summed E-state index contributed by atoms with van der Waals surface area (Å²) in [7, 11) is 0. The quantitative estimate of drug-likeness (QED) is 0.747. The minimum absolute atomic E-state index is 0.210. The zero-order valence-electron chi connectivity index (χ0n) is 14.2. The number of amides is 1. The van der Waals surface area contributed by atoms with E-state index < -0.39 is 17.9 Å². The molecule has 0 aliphatic rings. The summed E-state index contributed by atoms with van der Waals surface area (Å²) in [5.41, 5.74) is 2.19. The largest absolute Gasteiger partial charge is 0.480 e. The van der Waals surface area contributed by atoms with Crippen LogP contribution in [0.5, 0.6) is 0 Å². The van der Waals surface area contributed by atoms with E-state index in [9.17, 15) is 9.59 Å². The SMILES string of the molecule is Cc1cc(-c2cc(C(=O)N[C@H](C)C(=O)O)c3c(C)noc3n2)c(C)o1. The lowest BCUT2D eigenvalue weighted by Gasteiger charge is -2.10. The standard InChI is InChI=1S/C17H17N3O5/c1-7-5-11(10(4)24-7)13-6-12(15(21)18-9(3)17(22)23)14-8(2)20-25-16(14)19-13/h5-6,9H,1-4H3,(H,18,21)(H,22,23)/t9-/m1/s1. The van der Waals surface area contributed by atoms with Crippen LogP contribution in [0.15, 0.2) is 21.1 Å². The highest BCUT2D eigenvalue weighted by atomic mass is 16.5. The topological polar surface area (TPSA) is 118 Å². The Morgan fingerprint density at radius 1 is 1.24 bits per heavy atom. The average Bonchev–Trinajstić information content (AvgIpc) is 3.08. The number of furan rings is 1. The van der Waals surface area contributed by atoms with Gasteiger partial charge < -0.3 is 19.4 Å². The van der Waals surface area contributed by atoms with Crippen molar-refractivity contribution in [1.82, 2.24) is 15.5 Å². The van der Waals surface area contributed by atoms with E-state index in [2.05, 4.69) is 15.5 Å². The lowest BCUT2D eigenvalue weighted by Crippen LogP contribution is -2.38. The minimum atomic E-state index is -1.12. The summed E-state index contributed by atoms with van der Waals surface area (Å²) in [6.07, 6.45) is 0. The van der Waals surface area contributed by atoms with Crippen molar-refractivity contribution in [2.45, 2.75) is 33.7 Å². The van der Waals surface area contributed by atoms with E-state index in [1.165, 1.54) is 6.92 Å². The molecular weight excluding hydrogens is 326 g/mol. The Morgan fingerprint density at radius 3 is 2.56 bits per heavy atom. The second kappa shape index (κ2) is 6.04. The van der Waals surface area contributed by atoms with Gasteiger partial charge >= 0.3 is 5.97 Å². The number of nitrogens with one attached hydrogen (secondary N) is 1. The van der Waals surface area contributed by atoms with Crippen LogP contribution >= 0.6 is 0 Å². The van der Waals surface area contributed by atoms with Crippen LogP contribution in [0.2, 0.25) is 0 Å². The second-order valence-corrected chi connectivity index (χ2v) is 5.86. The lowest BCUT2D eigenvalue weighted by molar-refractivity contribution is -0.138. The van der Waals surface area contributed by atoms with E-state index in [-0.39, 0.29) is 11.3 Å². The van der Waals surface area contributed by atoms with Crippen molar-refractivity contribution >= 4 is 23.0 Å². The van der Waals surface area contributed by atoms with E-state index >= 15 is 0 Å². The Kier molecular flexibility index (Phi) is 4.03. The Hall–Kier alpha value is -3.16. The summed E-state index contributed by atoms with van der Waals surface area (Å²) in [5, 5.41) is 15.8. The van der Waals surface area contributed by atoms with Crippen molar-refractivity contribution in [2.24, 2.45) is 0 Å². The second-order valence-electron chi connectivity index (χ2n) is 5.86. The van der Waals surface area contributed by atoms with E-state index in [1.807, 2.05) is 13.0 Å². The van der Waals surface area contributed by atoms with Gasteiger partial charge in [-0.15, -0.1) is 0 Å². The maximum Gasteiger partial charge on any atom is 0.325 e. The number of aromatic nitrogens is 2. The number of hydrogen-bond acceptors (Lipinski definition) is 6. The summed E-state index contributed by atoms with van der Waals surface area (Å²) in [6.45, 7) is 6.70. The van der Waals surface area contributed by atoms with Crippen LogP contribution < -0.4 is 5.32 Å². The number of carbonyl (C=O) groups excluding carboxylic acids is 1. The molecule has 3 rings (SSSR count). The van der Waals surface area contributed by atoms with Gasteiger partial charge in [0.25, 0.3) is 11.6 Å². The summed E-state index contributed by atoms with van der Waals surface area (Å²) in [5.74, 6) is -0.283. The molecular formula is C17H17N3O5. The average molecular weight is 343 g/mol. The Bertz CT molecular complexity index is 986. The normalized spacial score (nSPS) is 12.3. The number of fused-ring (bicyclic) bond motifs is 1. The van der Waals surface area contributed by atoms with Crippen LogP contribution in [0.4, 0.5) is 0 Å². The van der Waals surface area contributed by atoms with Crippen LogP contribution in [0.25, 0.3) is 22.4 Å². The predicted octanol–water partition coefficient (Wildman–Crippen LogP) is 2.61. The molecule has 0 fully saturated rings. The zero-order valence-corrected chi connectivity index (χ0v) is 14.2. The van der Waals surface area contributed by atoms with Gasteiger partial charge in [0.2, 0.25) is 0 Å². The first-order valence-corrected chi connectivity index (χ1v) is 7.66. The molecule has 0 aliphatic carbocycles. The Morgan fingerprint density at radius 2 is 1.96 bits per heavy atom. The van der Waals surface area contributed by atoms with Crippen LogP contribution in [0.3, 0.4) is 0 Å². The maximum atomic E-state index is 12.6. The van der Waals surface area contributed by atoms with Gasteiger partial charge in [0.05, 0.1) is 22.3 Å². The van der Waals surface area contributed by atoms with E-state index in [0.717, 1.165) is 5.56 Å². The molecule has 0 spiro atoms. The lowest BCUT2D eigenvalue weighted by atomic mass is 10.0. The highest BCUT2D eigenvalue weighted by molar-refractivity contribution is 6.07. The molecule has 0 saturated heterocycles. The Balaban J connectivity index is 2.15. The van der Waals surface area contributed by atoms with Crippen molar-refractivity contribution < 1.29 is 23.6 Å². The van der Waals surface area contributed by atoms with Crippen LogP contribution in [-0.4, -0.2) is 33.2 Å². The van der Waals surface area contributed by atoms with Crippen LogP contribution in [0.1, 0.15) is 34.5 Å². The maximum absolute atomic E-state index is 12.6. The van der Waals surface area contributed by atoms with Gasteiger partial charge in [-0.3, -0.25) is 9.59 Å². The first-order valence-electron chi connectivity index (χ1n) is 7.66. The summed E-state index contributed by atoms with van der Waals surface area (Å²) < 4.78 is 10.7. The molecule has 130 valence electrons. The van der Waals surface area contributed by atoms with Gasteiger partial charge in [0.15, 0.2) is 0 Å². The van der Waals surface area contributed by atoms with Crippen LogP contribution in [0, 0.1) is 20.8 Å². The highest BCUT2D eigenvalue weighted by Crippen LogP contribution is 2.30. The molecule has 0 unspecified atom stereocenters. The zero-order chi connectivity index (χ0) is 18.3. The molecule has 0 aliphatic heterocycles. The van der Waals surface area contributed by atoms with E-state index in [1.54, 1.807) is 19.9 Å². The highest BCUT2D eigenvalue weighted by Gasteiger charge is 2.23. The molecule has 3 aromatic rings. The first kappa shape index (κ1) is 16.7. The number of hydrogen-bond donors (Lipinski definition) is 2. The first-order chi connectivity index (χ1) is 11.8. The third-order valence-electron chi connectivity index (χ3n) is 3.90. The fourth-order valence-corrected chi connectivity index (χ4v) is 2.63. The molecule has 1 amide bonds. The number of carboxylic acids is 1. The monoisotopic (exact) mass is 343 g/mol. The molecule has 0 saturated carbocycles. The van der Waals surface area contributed by atoms with Gasteiger partial charge in [0, 0.05) is 5.56 Å². The summed E-state index contributed by atoms with van der Waals surface area (Å²) in [6, 6.07) is 2.37. The third kappa shape index (κ3) is 2.98. The Labute approximate surface area is 142 Å². The van der Waals surface area contributed by atoms with Gasteiger partial charge in [-0.05, 0) is 39.8 Å². The smallest absolute Gasteiger partial charge is 0.325 e. The van der Waals surface area contributed by atoms with Gasteiger partial charge in [-0.2, -0.15) is 0 Å². The molecule has 0 aromatic carbocycles. The number of carbonyl (C=O) groups is 2. The van der Waals surface area contributed by atoms with Crippen molar-refractivity contribution in [3.05, 3.63) is 34.9 Å². The van der Waals surface area contributed by atoms with Gasteiger partial charge in [-0.25, -0.2) is 4.98 Å². The summed E-state index contributed by atoms with van der Waals surface area (Å²) >= 11 is 0. The van der Waals surface area contributed by atoms with Gasteiger partial charge in [-0.1, -0.05) is 5.16 Å². The summed E-state index contributed by atoms with van der Waals surface area (Å²) in [4.78, 5) is 28.0. The fourth-order valence-electron chi connectivity index (χ4n) is 2.63. The number of pyridine rings is 1. The molecule has 8 nitrogen and oxygen atoms in total. The predicted molar refractivity (Wildman–Crippen MR) is 88.3 cm³/mol. The number of aryl methyl sites for hydroxylation is 3. The van der Waals surface area contributed by atoms with Crippen molar-refractivity contribution in [3.63, 3.8) is 0 Å². The molecule has 8 heteroatoms. The molecule has 0 bridgehead atoms. The van der Waals surface area contributed by atoms with Crippen molar-refractivity contribution in [3.8, 4) is 11.3 Å². The van der Waals surface area contributed by atoms with E-state index in [4.69, 9.17) is 14.0 Å². The van der Waals surface area contributed by atoms with Crippen molar-refractivity contribution in [2.75, 3.05) is 0 Å². The number of nitrogens with zero attached hydrogens (tertiary/aromatic N) is 2.